The summed E-state index contributed by atoms with van der Waals surface area (Å²) in [5.74, 6) is 1.36. The molecule has 0 unspecified atom stereocenters. The van der Waals surface area contributed by atoms with Gasteiger partial charge in [-0.3, -0.25) is 4.90 Å². The zero-order valence-electron chi connectivity index (χ0n) is 18.6. The molecule has 33 heavy (non-hydrogen) atoms. The van der Waals surface area contributed by atoms with E-state index in [0.717, 1.165) is 48.1 Å². The van der Waals surface area contributed by atoms with Gasteiger partial charge in [0.05, 0.1) is 17.5 Å². The predicted molar refractivity (Wildman–Crippen MR) is 127 cm³/mol. The van der Waals surface area contributed by atoms with Gasteiger partial charge in [-0.1, -0.05) is 23.5 Å². The van der Waals surface area contributed by atoms with Crippen molar-refractivity contribution in [3.8, 4) is 11.6 Å². The van der Waals surface area contributed by atoms with Crippen molar-refractivity contribution < 1.29 is 14.2 Å². The van der Waals surface area contributed by atoms with Crippen LogP contribution in [-0.4, -0.2) is 57.4 Å². The number of anilines is 1. The first-order valence-corrected chi connectivity index (χ1v) is 11.9. The number of aryl methyl sites for hydroxylation is 1. The summed E-state index contributed by atoms with van der Waals surface area (Å²) >= 11 is 1.47. The Morgan fingerprint density at radius 2 is 1.76 bits per heavy atom. The van der Waals surface area contributed by atoms with Gasteiger partial charge >= 0.3 is 0 Å². The number of halogens is 1. The lowest BCUT2D eigenvalue weighted by molar-refractivity contribution is 0.211. The third-order valence-electron chi connectivity index (χ3n) is 5.93. The van der Waals surface area contributed by atoms with Crippen LogP contribution in [-0.2, 0) is 0 Å². The molecule has 172 valence electrons. The number of benzene rings is 2. The fourth-order valence-corrected chi connectivity index (χ4v) is 5.52. The van der Waals surface area contributed by atoms with Gasteiger partial charge < -0.3 is 14.7 Å². The summed E-state index contributed by atoms with van der Waals surface area (Å²) in [6.45, 7) is 7.59. The summed E-state index contributed by atoms with van der Waals surface area (Å²) < 4.78 is 20.5. The van der Waals surface area contributed by atoms with E-state index in [9.17, 15) is 9.50 Å². The topological polar surface area (TPSA) is 66.1 Å². The molecule has 9 heteroatoms. The van der Waals surface area contributed by atoms with E-state index in [0.29, 0.717) is 17.4 Å². The van der Waals surface area contributed by atoms with Crippen LogP contribution in [0.1, 0.15) is 29.2 Å². The molecule has 0 aliphatic carbocycles. The molecule has 2 aromatic carbocycles. The second-order valence-corrected chi connectivity index (χ2v) is 9.06. The van der Waals surface area contributed by atoms with Crippen molar-refractivity contribution >= 4 is 22.0 Å². The Hall–Kier alpha value is -3.17. The molecule has 1 saturated heterocycles. The Morgan fingerprint density at radius 3 is 2.39 bits per heavy atom. The number of fused-ring (bicyclic) bond motifs is 1. The van der Waals surface area contributed by atoms with Crippen LogP contribution in [0.25, 0.3) is 4.96 Å². The van der Waals surface area contributed by atoms with Crippen LogP contribution in [0, 0.1) is 12.7 Å². The molecule has 1 aliphatic rings. The second-order valence-electron chi connectivity index (χ2n) is 8.05. The first-order chi connectivity index (χ1) is 16.0. The Kier molecular flexibility index (Phi) is 5.90. The molecule has 1 N–H and O–H groups in total. The molecule has 2 aromatic heterocycles. The minimum atomic E-state index is -0.227. The second kappa shape index (κ2) is 8.99. The van der Waals surface area contributed by atoms with Crippen molar-refractivity contribution in [3.05, 3.63) is 70.6 Å². The standard InChI is InChI=1S/C24H26FN5O2S/c1-3-32-20-10-4-17(5-11-20)21(22-23(31)30-24(33-22)26-16(2)27-30)29-14-12-28(13-15-29)19-8-6-18(25)7-9-19/h4-11,21,31H,3,12-15H2,1-2H3/t21-/m0/s1. The van der Waals surface area contributed by atoms with Gasteiger partial charge in [0.2, 0.25) is 10.8 Å². The maximum atomic E-state index is 13.3. The zero-order chi connectivity index (χ0) is 22.9. The summed E-state index contributed by atoms with van der Waals surface area (Å²) in [6, 6.07) is 14.6. The average molecular weight is 468 g/mol. The van der Waals surface area contributed by atoms with E-state index in [-0.39, 0.29) is 17.7 Å². The van der Waals surface area contributed by atoms with Gasteiger partial charge in [-0.15, -0.1) is 5.10 Å². The Morgan fingerprint density at radius 1 is 1.06 bits per heavy atom. The number of aromatic nitrogens is 3. The van der Waals surface area contributed by atoms with E-state index in [4.69, 9.17) is 4.74 Å². The third kappa shape index (κ3) is 4.26. The van der Waals surface area contributed by atoms with E-state index in [1.165, 1.54) is 28.0 Å². The van der Waals surface area contributed by atoms with Gasteiger partial charge in [-0.25, -0.2) is 9.37 Å². The SMILES string of the molecule is CCOc1ccc([C@@H](c2sc3nc(C)nn3c2O)N2CCN(c3ccc(F)cc3)CC2)cc1. The van der Waals surface area contributed by atoms with Crippen molar-refractivity contribution in [2.45, 2.75) is 19.9 Å². The van der Waals surface area contributed by atoms with E-state index >= 15 is 0 Å². The van der Waals surface area contributed by atoms with Crippen LogP contribution >= 0.6 is 11.3 Å². The molecule has 0 spiro atoms. The largest absolute Gasteiger partial charge is 0.494 e. The van der Waals surface area contributed by atoms with Gasteiger partial charge in [0.15, 0.2) is 0 Å². The van der Waals surface area contributed by atoms with Crippen molar-refractivity contribution in [1.29, 1.82) is 0 Å². The molecule has 7 nitrogen and oxygen atoms in total. The molecule has 4 aromatic rings. The molecule has 1 aliphatic heterocycles. The number of aromatic hydroxyl groups is 1. The maximum Gasteiger partial charge on any atom is 0.230 e. The minimum absolute atomic E-state index is 0.134. The molecule has 1 atom stereocenters. The van der Waals surface area contributed by atoms with Crippen LogP contribution < -0.4 is 9.64 Å². The van der Waals surface area contributed by atoms with E-state index in [1.54, 1.807) is 0 Å². The van der Waals surface area contributed by atoms with Gasteiger partial charge in [0, 0.05) is 31.9 Å². The predicted octanol–water partition coefficient (Wildman–Crippen LogP) is 4.25. The van der Waals surface area contributed by atoms with E-state index in [2.05, 4.69) is 32.0 Å². The lowest BCUT2D eigenvalue weighted by Crippen LogP contribution is -2.47. The molecule has 3 heterocycles. The number of piperazine rings is 1. The Bertz CT molecular complexity index is 1230. The van der Waals surface area contributed by atoms with E-state index in [1.807, 2.05) is 38.1 Å². The molecule has 0 amide bonds. The van der Waals surface area contributed by atoms with Crippen molar-refractivity contribution in [3.63, 3.8) is 0 Å². The summed E-state index contributed by atoms with van der Waals surface area (Å²) in [5.41, 5.74) is 2.09. The molecular weight excluding hydrogens is 441 g/mol. The molecule has 0 bridgehead atoms. The number of rotatable bonds is 6. The number of hydrogen-bond acceptors (Lipinski definition) is 7. The van der Waals surface area contributed by atoms with Crippen molar-refractivity contribution in [2.24, 2.45) is 0 Å². The number of ether oxygens (including phenoxy) is 1. The lowest BCUT2D eigenvalue weighted by atomic mass is 10.0. The highest BCUT2D eigenvalue weighted by Crippen LogP contribution is 2.40. The fourth-order valence-electron chi connectivity index (χ4n) is 4.36. The van der Waals surface area contributed by atoms with Gasteiger partial charge in [0.25, 0.3) is 0 Å². The van der Waals surface area contributed by atoms with Crippen LogP contribution in [0.15, 0.2) is 48.5 Å². The highest BCUT2D eigenvalue weighted by Gasteiger charge is 2.31. The zero-order valence-corrected chi connectivity index (χ0v) is 19.4. The van der Waals surface area contributed by atoms with Crippen LogP contribution in [0.4, 0.5) is 10.1 Å². The molecule has 0 saturated carbocycles. The average Bonchev–Trinajstić information content (AvgIpc) is 3.33. The Labute approximate surface area is 195 Å². The van der Waals surface area contributed by atoms with Crippen molar-refractivity contribution in [1.82, 2.24) is 19.5 Å². The normalized spacial score (nSPS) is 15.8. The number of thiazole rings is 1. The van der Waals surface area contributed by atoms with Crippen LogP contribution in [0.3, 0.4) is 0 Å². The van der Waals surface area contributed by atoms with E-state index < -0.39 is 0 Å². The molecular formula is C24H26FN5O2S. The summed E-state index contributed by atoms with van der Waals surface area (Å²) in [5, 5.41) is 15.4. The van der Waals surface area contributed by atoms with Crippen LogP contribution in [0.5, 0.6) is 11.6 Å². The quantitative estimate of drug-likeness (QED) is 0.457. The van der Waals surface area contributed by atoms with Crippen molar-refractivity contribution in [2.75, 3.05) is 37.7 Å². The van der Waals surface area contributed by atoms with Gasteiger partial charge in [-0.05, 0) is 55.8 Å². The highest BCUT2D eigenvalue weighted by atomic mass is 32.1. The van der Waals surface area contributed by atoms with Gasteiger partial charge in [0.1, 0.15) is 17.4 Å². The molecule has 1 fully saturated rings. The Balaban J connectivity index is 1.45. The molecule has 0 radical (unpaired) electrons. The first kappa shape index (κ1) is 21.7. The highest BCUT2D eigenvalue weighted by molar-refractivity contribution is 7.17. The smallest absolute Gasteiger partial charge is 0.230 e. The monoisotopic (exact) mass is 467 g/mol. The van der Waals surface area contributed by atoms with Crippen LogP contribution in [0.2, 0.25) is 0 Å². The summed E-state index contributed by atoms with van der Waals surface area (Å²) in [6.07, 6.45) is 0. The molecule has 5 rings (SSSR count). The third-order valence-corrected chi connectivity index (χ3v) is 7.00. The van der Waals surface area contributed by atoms with Gasteiger partial charge in [-0.2, -0.15) is 4.52 Å². The number of nitrogens with zero attached hydrogens (tertiary/aromatic N) is 5. The fraction of sp³-hybridized carbons (Fsp3) is 0.333. The maximum absolute atomic E-state index is 13.3. The number of hydrogen-bond donors (Lipinski definition) is 1. The lowest BCUT2D eigenvalue weighted by Gasteiger charge is -2.40. The summed E-state index contributed by atoms with van der Waals surface area (Å²) in [7, 11) is 0. The minimum Gasteiger partial charge on any atom is -0.494 e. The first-order valence-electron chi connectivity index (χ1n) is 11.1. The summed E-state index contributed by atoms with van der Waals surface area (Å²) in [4.78, 5) is 10.6.